The molecule has 0 atom stereocenters. The van der Waals surface area contributed by atoms with Crippen LogP contribution in [0.5, 0.6) is 0 Å². The maximum Gasteiger partial charge on any atom is 0.274 e. The van der Waals surface area contributed by atoms with Gasteiger partial charge >= 0.3 is 0 Å². The lowest BCUT2D eigenvalue weighted by molar-refractivity contribution is 0.0617. The van der Waals surface area contributed by atoms with Crippen LogP contribution in [-0.2, 0) is 0 Å². The van der Waals surface area contributed by atoms with Gasteiger partial charge in [-0.3, -0.25) is 14.7 Å². The zero-order valence-corrected chi connectivity index (χ0v) is 11.0. The number of hydrogen-bond donors (Lipinski definition) is 0. The summed E-state index contributed by atoms with van der Waals surface area (Å²) in [5.74, 6) is 0.666. The highest BCUT2D eigenvalue weighted by atomic mass is 16.2. The van der Waals surface area contributed by atoms with Crippen molar-refractivity contribution in [1.29, 1.82) is 0 Å². The van der Waals surface area contributed by atoms with Crippen LogP contribution in [0.25, 0.3) is 0 Å². The quantitative estimate of drug-likeness (QED) is 0.797. The molecule has 1 aromatic heterocycles. The molecule has 1 saturated heterocycles. The smallest absolute Gasteiger partial charge is 0.274 e. The molecule has 0 unspecified atom stereocenters. The fourth-order valence-electron chi connectivity index (χ4n) is 2.22. The average molecular weight is 248 g/mol. The summed E-state index contributed by atoms with van der Waals surface area (Å²) in [6.45, 7) is 9.00. The molecule has 0 N–H and O–H groups in total. The van der Waals surface area contributed by atoms with Gasteiger partial charge in [0, 0.05) is 45.1 Å². The Hall–Kier alpha value is -1.49. The van der Waals surface area contributed by atoms with Gasteiger partial charge in [-0.1, -0.05) is 13.8 Å². The standard InChI is InChI=1S/C13H20N4O/c1-11(2)10-16-5-7-17(8-6-16)13(18)12-9-14-3-4-15-12/h3-4,9,11H,5-8,10H2,1-2H3. The number of rotatable bonds is 3. The van der Waals surface area contributed by atoms with Crippen molar-refractivity contribution in [3.8, 4) is 0 Å². The van der Waals surface area contributed by atoms with E-state index < -0.39 is 0 Å². The molecule has 1 aliphatic heterocycles. The average Bonchev–Trinajstić information content (AvgIpc) is 2.39. The van der Waals surface area contributed by atoms with Crippen molar-refractivity contribution in [2.24, 2.45) is 5.92 Å². The molecule has 1 fully saturated rings. The Bertz CT molecular complexity index is 385. The second kappa shape index (κ2) is 5.91. The van der Waals surface area contributed by atoms with Gasteiger partial charge in [-0.05, 0) is 5.92 Å². The first-order valence-corrected chi connectivity index (χ1v) is 6.44. The number of aromatic nitrogens is 2. The topological polar surface area (TPSA) is 49.3 Å². The molecule has 1 amide bonds. The largest absolute Gasteiger partial charge is 0.335 e. The molecule has 0 radical (unpaired) electrons. The normalized spacial score (nSPS) is 17.2. The summed E-state index contributed by atoms with van der Waals surface area (Å²) in [6, 6.07) is 0. The van der Waals surface area contributed by atoms with Crippen LogP contribution in [0, 0.1) is 5.92 Å². The van der Waals surface area contributed by atoms with E-state index in [4.69, 9.17) is 0 Å². The lowest BCUT2D eigenvalue weighted by Crippen LogP contribution is -2.49. The summed E-state index contributed by atoms with van der Waals surface area (Å²) in [5, 5.41) is 0. The lowest BCUT2D eigenvalue weighted by atomic mass is 10.2. The molecule has 5 heteroatoms. The van der Waals surface area contributed by atoms with Gasteiger partial charge in [0.05, 0.1) is 6.20 Å². The fraction of sp³-hybridized carbons (Fsp3) is 0.615. The van der Waals surface area contributed by atoms with Gasteiger partial charge in [0.1, 0.15) is 5.69 Å². The molecule has 0 aliphatic carbocycles. The Morgan fingerprint density at radius 2 is 2.00 bits per heavy atom. The third-order valence-electron chi connectivity index (χ3n) is 3.07. The molecule has 1 aliphatic rings. The number of carbonyl (C=O) groups excluding carboxylic acids is 1. The highest BCUT2D eigenvalue weighted by Crippen LogP contribution is 2.08. The molecular weight excluding hydrogens is 228 g/mol. The Balaban J connectivity index is 1.88. The Kier molecular flexibility index (Phi) is 4.25. The molecule has 2 rings (SSSR count). The second-order valence-corrected chi connectivity index (χ2v) is 5.08. The minimum Gasteiger partial charge on any atom is -0.335 e. The van der Waals surface area contributed by atoms with Gasteiger partial charge in [-0.25, -0.2) is 4.98 Å². The first kappa shape index (κ1) is 13.0. The summed E-state index contributed by atoms with van der Waals surface area (Å²) in [4.78, 5) is 24.4. The van der Waals surface area contributed by atoms with Crippen molar-refractivity contribution >= 4 is 5.91 Å². The third-order valence-corrected chi connectivity index (χ3v) is 3.07. The highest BCUT2D eigenvalue weighted by Gasteiger charge is 2.22. The molecule has 0 aromatic carbocycles. The summed E-state index contributed by atoms with van der Waals surface area (Å²) in [6.07, 6.45) is 4.67. The van der Waals surface area contributed by atoms with E-state index in [1.54, 1.807) is 12.4 Å². The summed E-state index contributed by atoms with van der Waals surface area (Å²) < 4.78 is 0. The summed E-state index contributed by atoms with van der Waals surface area (Å²) in [5.41, 5.74) is 0.440. The molecule has 2 heterocycles. The van der Waals surface area contributed by atoms with Crippen LogP contribution in [-0.4, -0.2) is 58.4 Å². The maximum absolute atomic E-state index is 12.1. The molecule has 0 bridgehead atoms. The molecule has 0 spiro atoms. The van der Waals surface area contributed by atoms with Gasteiger partial charge < -0.3 is 4.90 Å². The number of hydrogen-bond acceptors (Lipinski definition) is 4. The first-order valence-electron chi connectivity index (χ1n) is 6.44. The molecule has 5 nitrogen and oxygen atoms in total. The van der Waals surface area contributed by atoms with Crippen molar-refractivity contribution in [3.63, 3.8) is 0 Å². The van der Waals surface area contributed by atoms with Gasteiger partial charge in [-0.15, -0.1) is 0 Å². The summed E-state index contributed by atoms with van der Waals surface area (Å²) >= 11 is 0. The Labute approximate surface area is 108 Å². The maximum atomic E-state index is 12.1. The van der Waals surface area contributed by atoms with Crippen LogP contribution in [0.2, 0.25) is 0 Å². The predicted octanol–water partition coefficient (Wildman–Crippen LogP) is 0.890. The van der Waals surface area contributed by atoms with E-state index in [9.17, 15) is 4.79 Å². The van der Waals surface area contributed by atoms with Gasteiger partial charge in [0.2, 0.25) is 0 Å². The number of carbonyl (C=O) groups is 1. The zero-order chi connectivity index (χ0) is 13.0. The van der Waals surface area contributed by atoms with Crippen LogP contribution < -0.4 is 0 Å². The molecular formula is C13H20N4O. The third kappa shape index (κ3) is 3.26. The van der Waals surface area contributed by atoms with Crippen LogP contribution in [0.1, 0.15) is 24.3 Å². The van der Waals surface area contributed by atoms with Crippen molar-refractivity contribution in [2.45, 2.75) is 13.8 Å². The lowest BCUT2D eigenvalue weighted by Gasteiger charge is -2.35. The Morgan fingerprint density at radius 1 is 1.28 bits per heavy atom. The van der Waals surface area contributed by atoms with Crippen LogP contribution in [0.3, 0.4) is 0 Å². The number of amides is 1. The highest BCUT2D eigenvalue weighted by molar-refractivity contribution is 5.92. The second-order valence-electron chi connectivity index (χ2n) is 5.08. The van der Waals surface area contributed by atoms with Crippen molar-refractivity contribution in [3.05, 3.63) is 24.3 Å². The van der Waals surface area contributed by atoms with E-state index >= 15 is 0 Å². The van der Waals surface area contributed by atoms with E-state index in [1.165, 1.54) is 6.20 Å². The number of piperazine rings is 1. The minimum absolute atomic E-state index is 0.00713. The van der Waals surface area contributed by atoms with Crippen LogP contribution in [0.15, 0.2) is 18.6 Å². The molecule has 1 aromatic rings. The SMILES string of the molecule is CC(C)CN1CCN(C(=O)c2cnccn2)CC1. The minimum atomic E-state index is -0.00713. The van der Waals surface area contributed by atoms with Crippen molar-refractivity contribution in [2.75, 3.05) is 32.7 Å². The van der Waals surface area contributed by atoms with Crippen molar-refractivity contribution < 1.29 is 4.79 Å². The molecule has 0 saturated carbocycles. The predicted molar refractivity (Wildman–Crippen MR) is 69.2 cm³/mol. The van der Waals surface area contributed by atoms with E-state index in [0.29, 0.717) is 11.6 Å². The summed E-state index contributed by atoms with van der Waals surface area (Å²) in [7, 11) is 0. The van der Waals surface area contributed by atoms with Crippen LogP contribution >= 0.6 is 0 Å². The zero-order valence-electron chi connectivity index (χ0n) is 11.0. The van der Waals surface area contributed by atoms with Crippen LogP contribution in [0.4, 0.5) is 0 Å². The first-order chi connectivity index (χ1) is 8.66. The van der Waals surface area contributed by atoms with Gasteiger partial charge in [0.15, 0.2) is 0 Å². The van der Waals surface area contributed by atoms with Gasteiger partial charge in [0.25, 0.3) is 5.91 Å². The number of nitrogens with zero attached hydrogens (tertiary/aromatic N) is 4. The van der Waals surface area contributed by atoms with Gasteiger partial charge in [-0.2, -0.15) is 0 Å². The van der Waals surface area contributed by atoms with E-state index in [0.717, 1.165) is 32.7 Å². The van der Waals surface area contributed by atoms with E-state index in [-0.39, 0.29) is 5.91 Å². The fourth-order valence-corrected chi connectivity index (χ4v) is 2.22. The van der Waals surface area contributed by atoms with E-state index in [1.807, 2.05) is 4.90 Å². The molecule has 18 heavy (non-hydrogen) atoms. The van der Waals surface area contributed by atoms with E-state index in [2.05, 4.69) is 28.7 Å². The Morgan fingerprint density at radius 3 is 2.56 bits per heavy atom. The molecule has 98 valence electrons. The monoisotopic (exact) mass is 248 g/mol. The van der Waals surface area contributed by atoms with Crippen molar-refractivity contribution in [1.82, 2.24) is 19.8 Å².